The summed E-state index contributed by atoms with van der Waals surface area (Å²) in [5, 5.41) is 4.18. The van der Waals surface area contributed by atoms with Crippen molar-refractivity contribution in [2.75, 3.05) is 20.3 Å². The molecule has 3 rings (SSSR count). The Labute approximate surface area is 125 Å². The molecule has 1 aliphatic heterocycles. The summed E-state index contributed by atoms with van der Waals surface area (Å²) in [4.78, 5) is 4.61. The van der Waals surface area contributed by atoms with Gasteiger partial charge in [0.1, 0.15) is 5.60 Å². The summed E-state index contributed by atoms with van der Waals surface area (Å²) < 4.78 is 16.6. The number of rotatable bonds is 3. The molecule has 6 heteroatoms. The van der Waals surface area contributed by atoms with Gasteiger partial charge in [-0.15, -0.1) is 0 Å². The first-order chi connectivity index (χ1) is 10.1. The summed E-state index contributed by atoms with van der Waals surface area (Å²) in [6, 6.07) is 0. The fourth-order valence-corrected chi connectivity index (χ4v) is 3.32. The molecular weight excluding hydrogens is 270 g/mol. The molecule has 0 radical (unpaired) electrons. The molecule has 0 bridgehead atoms. The van der Waals surface area contributed by atoms with Crippen molar-refractivity contribution >= 4 is 0 Å². The molecule has 0 aromatic carbocycles. The fourth-order valence-electron chi connectivity index (χ4n) is 3.32. The zero-order chi connectivity index (χ0) is 14.9. The van der Waals surface area contributed by atoms with Gasteiger partial charge in [0.15, 0.2) is 0 Å². The van der Waals surface area contributed by atoms with Gasteiger partial charge in [-0.1, -0.05) is 12.1 Å². The van der Waals surface area contributed by atoms with Crippen molar-refractivity contribution in [3.63, 3.8) is 0 Å². The number of hydrogen-bond donors (Lipinski definition) is 1. The van der Waals surface area contributed by atoms with Gasteiger partial charge in [0, 0.05) is 33.2 Å². The van der Waals surface area contributed by atoms with Gasteiger partial charge in [0.05, 0.1) is 5.54 Å². The number of nitrogens with two attached hydrogens (primary N) is 1. The minimum Gasteiger partial charge on any atom is -0.381 e. The lowest BCUT2D eigenvalue weighted by Gasteiger charge is -2.33. The van der Waals surface area contributed by atoms with E-state index in [2.05, 4.69) is 17.1 Å². The predicted octanol–water partition coefficient (Wildman–Crippen LogP) is 2.09. The van der Waals surface area contributed by atoms with Crippen LogP contribution in [0.2, 0.25) is 0 Å². The molecule has 1 saturated carbocycles. The Kier molecular flexibility index (Phi) is 4.03. The minimum absolute atomic E-state index is 0.474. The van der Waals surface area contributed by atoms with Crippen molar-refractivity contribution in [3.05, 3.63) is 11.7 Å². The Bertz CT molecular complexity index is 474. The smallest absolute Gasteiger partial charge is 0.246 e. The van der Waals surface area contributed by atoms with Crippen molar-refractivity contribution in [3.8, 4) is 0 Å². The molecule has 0 unspecified atom stereocenters. The van der Waals surface area contributed by atoms with E-state index in [-0.39, 0.29) is 0 Å². The van der Waals surface area contributed by atoms with Crippen LogP contribution >= 0.6 is 0 Å². The van der Waals surface area contributed by atoms with E-state index in [0.29, 0.717) is 24.9 Å². The van der Waals surface area contributed by atoms with E-state index in [0.717, 1.165) is 44.4 Å². The van der Waals surface area contributed by atoms with Crippen LogP contribution in [-0.2, 0) is 20.6 Å². The Morgan fingerprint density at radius 3 is 2.48 bits per heavy atom. The van der Waals surface area contributed by atoms with Crippen LogP contribution in [0.25, 0.3) is 0 Å². The highest BCUT2D eigenvalue weighted by Crippen LogP contribution is 2.39. The third-order valence-corrected chi connectivity index (χ3v) is 5.12. The first-order valence-corrected chi connectivity index (χ1v) is 7.84. The molecule has 0 amide bonds. The molecule has 6 nitrogen and oxygen atoms in total. The predicted molar refractivity (Wildman–Crippen MR) is 76.5 cm³/mol. The van der Waals surface area contributed by atoms with E-state index in [1.807, 2.05) is 0 Å². The van der Waals surface area contributed by atoms with Crippen LogP contribution in [0.4, 0.5) is 0 Å². The molecule has 1 aliphatic carbocycles. The minimum atomic E-state index is -0.488. The van der Waals surface area contributed by atoms with E-state index in [1.165, 1.54) is 0 Å². The normalized spacial score (nSPS) is 33.0. The molecule has 1 aromatic heterocycles. The summed E-state index contributed by atoms with van der Waals surface area (Å²) in [6.45, 7) is 3.58. The number of methoxy groups -OCH3 is 1. The maximum atomic E-state index is 6.51. The molecule has 0 spiro atoms. The molecule has 118 valence electrons. The van der Waals surface area contributed by atoms with Gasteiger partial charge in [-0.25, -0.2) is 0 Å². The largest absolute Gasteiger partial charge is 0.381 e. The Morgan fingerprint density at radius 2 is 1.86 bits per heavy atom. The van der Waals surface area contributed by atoms with Crippen LogP contribution in [0.5, 0.6) is 0 Å². The topological polar surface area (TPSA) is 83.4 Å². The molecule has 2 N–H and O–H groups in total. The first-order valence-electron chi connectivity index (χ1n) is 7.84. The molecule has 0 atom stereocenters. The second-order valence-corrected chi connectivity index (χ2v) is 6.57. The fraction of sp³-hybridized carbons (Fsp3) is 0.867. The lowest BCUT2D eigenvalue weighted by atomic mass is 9.77. The van der Waals surface area contributed by atoms with Crippen LogP contribution < -0.4 is 5.73 Å². The SMILES string of the molecule is COC1(c2noc(C3(N)CCC(C)CC3)n2)CCOCC1. The van der Waals surface area contributed by atoms with Gasteiger partial charge in [-0.2, -0.15) is 4.98 Å². The van der Waals surface area contributed by atoms with Crippen molar-refractivity contribution in [2.24, 2.45) is 11.7 Å². The van der Waals surface area contributed by atoms with Gasteiger partial charge in [-0.05, 0) is 31.6 Å². The molecule has 2 fully saturated rings. The lowest BCUT2D eigenvalue weighted by molar-refractivity contribution is -0.101. The van der Waals surface area contributed by atoms with Crippen molar-refractivity contribution < 1.29 is 14.0 Å². The molecule has 2 aliphatic rings. The second kappa shape index (κ2) is 5.66. The standard InChI is InChI=1S/C15H25N3O3/c1-11-3-5-14(16,6-4-11)13-17-12(18-21-13)15(19-2)7-9-20-10-8-15/h11H,3-10,16H2,1-2H3. The van der Waals surface area contributed by atoms with Gasteiger partial charge in [0.2, 0.25) is 11.7 Å². The summed E-state index contributed by atoms with van der Waals surface area (Å²) in [7, 11) is 1.70. The summed E-state index contributed by atoms with van der Waals surface area (Å²) in [6.07, 6.45) is 5.51. The maximum Gasteiger partial charge on any atom is 0.246 e. The van der Waals surface area contributed by atoms with Crippen molar-refractivity contribution in [1.82, 2.24) is 10.1 Å². The van der Waals surface area contributed by atoms with E-state index in [4.69, 9.17) is 19.7 Å². The van der Waals surface area contributed by atoms with Gasteiger partial charge < -0.3 is 19.7 Å². The summed E-state index contributed by atoms with van der Waals surface area (Å²) in [5.74, 6) is 1.91. The molecule has 1 saturated heterocycles. The Morgan fingerprint density at radius 1 is 1.19 bits per heavy atom. The highest BCUT2D eigenvalue weighted by atomic mass is 16.5. The molecule has 1 aromatic rings. The Hall–Kier alpha value is -0.980. The average Bonchev–Trinajstić information content (AvgIpc) is 3.02. The van der Waals surface area contributed by atoms with Crippen LogP contribution in [0.3, 0.4) is 0 Å². The molecular formula is C15H25N3O3. The van der Waals surface area contributed by atoms with Crippen LogP contribution in [-0.4, -0.2) is 30.5 Å². The third kappa shape index (κ3) is 2.72. The first kappa shape index (κ1) is 14.9. The van der Waals surface area contributed by atoms with Crippen molar-refractivity contribution in [1.29, 1.82) is 0 Å². The second-order valence-electron chi connectivity index (χ2n) is 6.57. The van der Waals surface area contributed by atoms with Gasteiger partial charge in [-0.3, -0.25) is 0 Å². The lowest BCUT2D eigenvalue weighted by Crippen LogP contribution is -2.41. The highest BCUT2D eigenvalue weighted by Gasteiger charge is 2.42. The average molecular weight is 295 g/mol. The summed E-state index contributed by atoms with van der Waals surface area (Å²) >= 11 is 0. The molecule has 21 heavy (non-hydrogen) atoms. The number of nitrogens with zero attached hydrogens (tertiary/aromatic N) is 2. The van der Waals surface area contributed by atoms with Crippen LogP contribution in [0, 0.1) is 5.92 Å². The Balaban J connectivity index is 1.82. The van der Waals surface area contributed by atoms with Crippen LogP contribution in [0.1, 0.15) is 57.2 Å². The zero-order valence-electron chi connectivity index (χ0n) is 12.9. The van der Waals surface area contributed by atoms with Gasteiger partial charge >= 0.3 is 0 Å². The maximum absolute atomic E-state index is 6.51. The van der Waals surface area contributed by atoms with Gasteiger partial charge in [0.25, 0.3) is 0 Å². The van der Waals surface area contributed by atoms with E-state index < -0.39 is 11.1 Å². The van der Waals surface area contributed by atoms with Crippen LogP contribution in [0.15, 0.2) is 4.52 Å². The van der Waals surface area contributed by atoms with E-state index >= 15 is 0 Å². The number of ether oxygens (including phenoxy) is 2. The zero-order valence-corrected chi connectivity index (χ0v) is 12.9. The monoisotopic (exact) mass is 295 g/mol. The third-order valence-electron chi connectivity index (χ3n) is 5.12. The number of aromatic nitrogens is 2. The quantitative estimate of drug-likeness (QED) is 0.919. The highest BCUT2D eigenvalue weighted by molar-refractivity contribution is 5.09. The number of hydrogen-bond acceptors (Lipinski definition) is 6. The summed E-state index contributed by atoms with van der Waals surface area (Å²) in [5.41, 5.74) is 5.55. The molecule has 2 heterocycles. The van der Waals surface area contributed by atoms with E-state index in [1.54, 1.807) is 7.11 Å². The van der Waals surface area contributed by atoms with Crippen molar-refractivity contribution in [2.45, 2.75) is 56.6 Å². The van der Waals surface area contributed by atoms with E-state index in [9.17, 15) is 0 Å².